The van der Waals surface area contributed by atoms with Crippen LogP contribution >= 0.6 is 0 Å². The molecule has 0 aliphatic heterocycles. The average Bonchev–Trinajstić information content (AvgIpc) is 2.84. The number of amides is 1. The molecule has 1 atom stereocenters. The Hall–Kier alpha value is -2.14. The lowest BCUT2D eigenvalue weighted by Gasteiger charge is -2.23. The first-order valence-electron chi connectivity index (χ1n) is 7.22. The van der Waals surface area contributed by atoms with Crippen molar-refractivity contribution in [2.24, 2.45) is 0 Å². The number of aryl methyl sites for hydroxylation is 1. The van der Waals surface area contributed by atoms with Crippen LogP contribution in [-0.4, -0.2) is 31.4 Å². The normalized spacial score (nSPS) is 12.4. The predicted octanol–water partition coefficient (Wildman–Crippen LogP) is 2.69. The van der Waals surface area contributed by atoms with Crippen molar-refractivity contribution in [1.82, 2.24) is 10.2 Å². The molecule has 1 aromatic carbocycles. The molecule has 0 aliphatic rings. The minimum Gasteiger partial charge on any atom is -0.466 e. The lowest BCUT2D eigenvalue weighted by molar-refractivity contribution is -0.125. The first-order valence-corrected chi connectivity index (χ1v) is 7.22. The van der Waals surface area contributed by atoms with Crippen molar-refractivity contribution in [3.63, 3.8) is 0 Å². The number of carbonyl (C=O) groups is 1. The fourth-order valence-corrected chi connectivity index (χ4v) is 2.39. The molecule has 2 aromatic rings. The number of rotatable bonds is 6. The summed E-state index contributed by atoms with van der Waals surface area (Å²) in [5.41, 5.74) is 0.636. The van der Waals surface area contributed by atoms with E-state index in [0.29, 0.717) is 18.5 Å². The van der Waals surface area contributed by atoms with Crippen LogP contribution in [0.2, 0.25) is 0 Å². The van der Waals surface area contributed by atoms with Crippen LogP contribution in [0.3, 0.4) is 0 Å². The molecule has 118 valence electrons. The Bertz CT molecular complexity index is 637. The van der Waals surface area contributed by atoms with Crippen LogP contribution in [0.5, 0.6) is 0 Å². The van der Waals surface area contributed by atoms with E-state index in [1.807, 2.05) is 19.1 Å². The van der Waals surface area contributed by atoms with Gasteiger partial charge in [-0.1, -0.05) is 12.1 Å². The molecule has 4 nitrogen and oxygen atoms in total. The molecule has 0 radical (unpaired) electrons. The molecule has 1 unspecified atom stereocenters. The number of likely N-dealkylation sites (N-methyl/N-ethyl adjacent to an activating group) is 1. The fraction of sp³-hybridized carbons (Fsp3) is 0.353. The number of nitrogens with one attached hydrogen (secondary N) is 1. The van der Waals surface area contributed by atoms with Crippen LogP contribution in [0, 0.1) is 12.7 Å². The molecule has 0 spiro atoms. The molecular formula is C17H21FN2O2. The molecule has 1 N–H and O–H groups in total. The van der Waals surface area contributed by atoms with Crippen molar-refractivity contribution >= 4 is 5.91 Å². The Morgan fingerprint density at radius 2 is 2.09 bits per heavy atom. The van der Waals surface area contributed by atoms with Crippen LogP contribution in [0.1, 0.15) is 23.1 Å². The smallest absolute Gasteiger partial charge is 0.241 e. The molecule has 2 rings (SSSR count). The summed E-state index contributed by atoms with van der Waals surface area (Å²) in [7, 11) is 3.59. The molecular weight excluding hydrogens is 283 g/mol. The highest BCUT2D eigenvalue weighted by molar-refractivity contribution is 5.83. The van der Waals surface area contributed by atoms with Gasteiger partial charge in [-0.25, -0.2) is 4.39 Å². The van der Waals surface area contributed by atoms with Crippen molar-refractivity contribution in [2.75, 3.05) is 20.6 Å². The first-order chi connectivity index (χ1) is 10.5. The number of benzene rings is 1. The van der Waals surface area contributed by atoms with Crippen molar-refractivity contribution in [3.05, 3.63) is 59.3 Å². The third-order valence-electron chi connectivity index (χ3n) is 3.40. The Morgan fingerprint density at radius 3 is 2.68 bits per heavy atom. The van der Waals surface area contributed by atoms with Crippen LogP contribution in [0.15, 0.2) is 40.8 Å². The van der Waals surface area contributed by atoms with Gasteiger partial charge < -0.3 is 9.73 Å². The number of nitrogens with zero attached hydrogens (tertiary/aromatic N) is 1. The van der Waals surface area contributed by atoms with E-state index in [2.05, 4.69) is 5.32 Å². The largest absolute Gasteiger partial charge is 0.466 e. The van der Waals surface area contributed by atoms with Crippen molar-refractivity contribution < 1.29 is 13.6 Å². The van der Waals surface area contributed by atoms with Gasteiger partial charge in [0.15, 0.2) is 0 Å². The maximum Gasteiger partial charge on any atom is 0.241 e. The zero-order valence-corrected chi connectivity index (χ0v) is 13.1. The lowest BCUT2D eigenvalue weighted by Crippen LogP contribution is -2.37. The Morgan fingerprint density at radius 1 is 1.32 bits per heavy atom. The standard InChI is InChI=1S/C17H21FN2O2/c1-12-7-8-15(22-12)9-10-19-17(21)16(20(2)3)13-5-4-6-14(18)11-13/h4-8,11,16H,9-10H2,1-3H3,(H,19,21). The summed E-state index contributed by atoms with van der Waals surface area (Å²) in [6.07, 6.45) is 0.628. The van der Waals surface area contributed by atoms with Gasteiger partial charge in [0.25, 0.3) is 0 Å². The van der Waals surface area contributed by atoms with E-state index in [0.717, 1.165) is 11.5 Å². The summed E-state index contributed by atoms with van der Waals surface area (Å²) in [5.74, 6) is 1.19. The van der Waals surface area contributed by atoms with Crippen LogP contribution in [0.25, 0.3) is 0 Å². The summed E-state index contributed by atoms with van der Waals surface area (Å²) in [6.45, 7) is 2.36. The van der Waals surface area contributed by atoms with Gasteiger partial charge in [-0.05, 0) is 50.8 Å². The Balaban J connectivity index is 1.98. The predicted molar refractivity (Wildman–Crippen MR) is 83.0 cm³/mol. The van der Waals surface area contributed by atoms with E-state index < -0.39 is 6.04 Å². The van der Waals surface area contributed by atoms with Gasteiger partial charge in [0.05, 0.1) is 0 Å². The Kier molecular flexibility index (Phi) is 5.33. The Labute approximate surface area is 129 Å². The number of hydrogen-bond acceptors (Lipinski definition) is 3. The van der Waals surface area contributed by atoms with E-state index >= 15 is 0 Å². The van der Waals surface area contributed by atoms with E-state index in [1.54, 1.807) is 31.1 Å². The molecule has 0 bridgehead atoms. The van der Waals surface area contributed by atoms with Gasteiger partial charge in [-0.15, -0.1) is 0 Å². The van der Waals surface area contributed by atoms with Crippen LogP contribution in [0.4, 0.5) is 4.39 Å². The second-order valence-corrected chi connectivity index (χ2v) is 5.47. The van der Waals surface area contributed by atoms with Gasteiger partial charge in [-0.2, -0.15) is 0 Å². The third-order valence-corrected chi connectivity index (χ3v) is 3.40. The lowest BCUT2D eigenvalue weighted by atomic mass is 10.1. The molecule has 5 heteroatoms. The highest BCUT2D eigenvalue weighted by Crippen LogP contribution is 2.19. The number of furan rings is 1. The van der Waals surface area contributed by atoms with Gasteiger partial charge in [0.1, 0.15) is 23.4 Å². The SMILES string of the molecule is Cc1ccc(CCNC(=O)C(c2cccc(F)c2)N(C)C)o1. The average molecular weight is 304 g/mol. The topological polar surface area (TPSA) is 45.5 Å². The van der Waals surface area contributed by atoms with Gasteiger partial charge in [-0.3, -0.25) is 9.69 Å². The van der Waals surface area contributed by atoms with Gasteiger partial charge in [0.2, 0.25) is 5.91 Å². The highest BCUT2D eigenvalue weighted by Gasteiger charge is 2.22. The van der Waals surface area contributed by atoms with Gasteiger partial charge >= 0.3 is 0 Å². The second-order valence-electron chi connectivity index (χ2n) is 5.47. The molecule has 22 heavy (non-hydrogen) atoms. The van der Waals surface area contributed by atoms with E-state index in [-0.39, 0.29) is 11.7 Å². The van der Waals surface area contributed by atoms with Crippen LogP contribution < -0.4 is 5.32 Å². The molecule has 1 aromatic heterocycles. The third kappa shape index (κ3) is 4.18. The van der Waals surface area contributed by atoms with Crippen molar-refractivity contribution in [3.8, 4) is 0 Å². The van der Waals surface area contributed by atoms with Crippen molar-refractivity contribution in [1.29, 1.82) is 0 Å². The van der Waals surface area contributed by atoms with E-state index in [9.17, 15) is 9.18 Å². The summed E-state index contributed by atoms with van der Waals surface area (Å²) >= 11 is 0. The zero-order valence-electron chi connectivity index (χ0n) is 13.1. The summed E-state index contributed by atoms with van der Waals surface area (Å²) in [6, 6.07) is 9.40. The molecule has 0 saturated heterocycles. The van der Waals surface area contributed by atoms with Crippen molar-refractivity contribution in [2.45, 2.75) is 19.4 Å². The molecule has 0 saturated carbocycles. The first kappa shape index (κ1) is 16.2. The molecule has 0 aliphatic carbocycles. The minimum absolute atomic E-state index is 0.154. The second kappa shape index (κ2) is 7.22. The number of carbonyl (C=O) groups excluding carboxylic acids is 1. The molecule has 0 fully saturated rings. The minimum atomic E-state index is -0.519. The van der Waals surface area contributed by atoms with Crippen LogP contribution in [-0.2, 0) is 11.2 Å². The number of hydrogen-bond donors (Lipinski definition) is 1. The summed E-state index contributed by atoms with van der Waals surface area (Å²) in [5, 5.41) is 2.88. The van der Waals surface area contributed by atoms with Gasteiger partial charge in [0, 0.05) is 13.0 Å². The maximum atomic E-state index is 13.4. The number of halogens is 1. The highest BCUT2D eigenvalue weighted by atomic mass is 19.1. The molecule has 1 amide bonds. The zero-order chi connectivity index (χ0) is 16.1. The van der Waals surface area contributed by atoms with E-state index in [4.69, 9.17) is 4.42 Å². The maximum absolute atomic E-state index is 13.4. The quantitative estimate of drug-likeness (QED) is 0.892. The fourth-order valence-electron chi connectivity index (χ4n) is 2.39. The summed E-state index contributed by atoms with van der Waals surface area (Å²) < 4.78 is 18.8. The van der Waals surface area contributed by atoms with E-state index in [1.165, 1.54) is 12.1 Å². The monoisotopic (exact) mass is 304 g/mol. The summed E-state index contributed by atoms with van der Waals surface area (Å²) in [4.78, 5) is 14.2. The molecule has 1 heterocycles.